The number of benzene rings is 2. The summed E-state index contributed by atoms with van der Waals surface area (Å²) in [6.45, 7) is 3.56. The predicted molar refractivity (Wildman–Crippen MR) is 104 cm³/mol. The zero-order valence-corrected chi connectivity index (χ0v) is 14.8. The average molecular weight is 343 g/mol. The maximum absolute atomic E-state index is 13.2. The van der Waals surface area contributed by atoms with Crippen molar-refractivity contribution in [2.45, 2.75) is 19.5 Å². The molecule has 26 heavy (non-hydrogen) atoms. The smallest absolute Gasteiger partial charge is 0.257 e. The van der Waals surface area contributed by atoms with E-state index in [1.165, 1.54) is 10.9 Å². The van der Waals surface area contributed by atoms with Crippen LogP contribution in [0.1, 0.15) is 34.7 Å². The molecule has 1 amide bonds. The minimum absolute atomic E-state index is 0.0789. The first-order valence-electron chi connectivity index (χ1n) is 9.17. The number of hydrogen-bond donors (Lipinski definition) is 1. The second-order valence-electron chi connectivity index (χ2n) is 6.92. The Morgan fingerprint density at radius 2 is 1.96 bits per heavy atom. The third-order valence-electron chi connectivity index (χ3n) is 5.54. The Labute approximate surface area is 152 Å². The second-order valence-corrected chi connectivity index (χ2v) is 6.92. The summed E-state index contributed by atoms with van der Waals surface area (Å²) >= 11 is 0. The van der Waals surface area contributed by atoms with Crippen molar-refractivity contribution in [2.24, 2.45) is 0 Å². The van der Waals surface area contributed by atoms with Gasteiger partial charge < -0.3 is 14.8 Å². The molecule has 3 heterocycles. The second kappa shape index (κ2) is 5.77. The molecule has 0 saturated carbocycles. The summed E-state index contributed by atoms with van der Waals surface area (Å²) in [5, 5.41) is 1.28. The van der Waals surface area contributed by atoms with E-state index in [2.05, 4.69) is 52.4 Å². The van der Waals surface area contributed by atoms with Gasteiger partial charge in [0.05, 0.1) is 16.9 Å². The van der Waals surface area contributed by atoms with Crippen LogP contribution < -0.4 is 4.90 Å². The predicted octanol–water partition coefficient (Wildman–Crippen LogP) is 4.26. The van der Waals surface area contributed by atoms with Crippen molar-refractivity contribution >= 4 is 22.5 Å². The fourth-order valence-electron chi connectivity index (χ4n) is 4.37. The van der Waals surface area contributed by atoms with Crippen LogP contribution in [0.3, 0.4) is 0 Å². The molecule has 4 heteroatoms. The summed E-state index contributed by atoms with van der Waals surface area (Å²) in [7, 11) is 0. The van der Waals surface area contributed by atoms with Crippen LogP contribution in [-0.2, 0) is 6.42 Å². The van der Waals surface area contributed by atoms with Crippen molar-refractivity contribution in [1.29, 1.82) is 0 Å². The van der Waals surface area contributed by atoms with Gasteiger partial charge in [-0.15, -0.1) is 0 Å². The van der Waals surface area contributed by atoms with Gasteiger partial charge in [-0.2, -0.15) is 0 Å². The number of H-pyrrole nitrogens is 1. The molecule has 3 aromatic rings. The summed E-state index contributed by atoms with van der Waals surface area (Å²) < 4.78 is 0. The molecule has 2 aliphatic rings. The van der Waals surface area contributed by atoms with Crippen LogP contribution >= 0.6 is 0 Å². The lowest BCUT2D eigenvalue weighted by Gasteiger charge is -2.47. The first-order valence-corrected chi connectivity index (χ1v) is 9.17. The third kappa shape index (κ3) is 2.05. The van der Waals surface area contributed by atoms with Crippen LogP contribution in [0.15, 0.2) is 60.7 Å². The lowest BCUT2D eigenvalue weighted by atomic mass is 9.95. The minimum atomic E-state index is -0.0789. The number of para-hydroxylation sites is 2. The number of rotatable bonds is 2. The topological polar surface area (TPSA) is 39.3 Å². The van der Waals surface area contributed by atoms with E-state index in [1.807, 2.05) is 30.0 Å². The largest absolute Gasteiger partial charge is 0.355 e. The number of hydrogen-bond acceptors (Lipinski definition) is 2. The molecule has 0 spiro atoms. The summed E-state index contributed by atoms with van der Waals surface area (Å²) in [5.41, 5.74) is 5.47. The lowest BCUT2D eigenvalue weighted by molar-refractivity contribution is 0.0631. The molecular formula is C22H21N3O. The van der Waals surface area contributed by atoms with E-state index in [-0.39, 0.29) is 12.1 Å². The van der Waals surface area contributed by atoms with E-state index >= 15 is 0 Å². The van der Waals surface area contributed by atoms with Crippen LogP contribution in [0.25, 0.3) is 10.9 Å². The van der Waals surface area contributed by atoms with Crippen LogP contribution in [-0.4, -0.2) is 28.9 Å². The maximum atomic E-state index is 13.2. The summed E-state index contributed by atoms with van der Waals surface area (Å²) in [4.78, 5) is 21.1. The van der Waals surface area contributed by atoms with E-state index in [4.69, 9.17) is 0 Å². The zero-order chi connectivity index (χ0) is 17.7. The Hall–Kier alpha value is -3.01. The zero-order valence-electron chi connectivity index (χ0n) is 14.8. The Bertz CT molecular complexity index is 1030. The molecule has 1 aromatic heterocycles. The summed E-state index contributed by atoms with van der Waals surface area (Å²) in [6, 6.07) is 16.4. The molecule has 0 bridgehead atoms. The summed E-state index contributed by atoms with van der Waals surface area (Å²) in [5.74, 6) is 0.131. The fraction of sp³-hybridized carbons (Fsp3) is 0.227. The number of fused-ring (bicyclic) bond motifs is 6. The van der Waals surface area contributed by atoms with E-state index in [0.29, 0.717) is 0 Å². The molecule has 2 aromatic carbocycles. The molecule has 5 rings (SSSR count). The number of aromatic nitrogens is 1. The SMILES string of the molecule is C/C=C/CN1c2ccccc2C(=O)N2CCc3c([nH]c4ccccc34)C21. The lowest BCUT2D eigenvalue weighted by Crippen LogP contribution is -2.52. The van der Waals surface area contributed by atoms with Gasteiger partial charge in [0.1, 0.15) is 6.17 Å². The number of allylic oxidation sites excluding steroid dienone is 1. The maximum Gasteiger partial charge on any atom is 0.257 e. The third-order valence-corrected chi connectivity index (χ3v) is 5.54. The number of nitrogens with one attached hydrogen (secondary N) is 1. The Balaban J connectivity index is 1.73. The van der Waals surface area contributed by atoms with Gasteiger partial charge in [0.25, 0.3) is 5.91 Å². The van der Waals surface area contributed by atoms with Crippen molar-refractivity contribution in [3.8, 4) is 0 Å². The van der Waals surface area contributed by atoms with Gasteiger partial charge in [-0.25, -0.2) is 0 Å². The van der Waals surface area contributed by atoms with E-state index in [9.17, 15) is 4.79 Å². The van der Waals surface area contributed by atoms with E-state index in [0.717, 1.165) is 42.0 Å². The Kier molecular flexibility index (Phi) is 3.38. The first kappa shape index (κ1) is 15.3. The van der Waals surface area contributed by atoms with Gasteiger partial charge in [0, 0.05) is 24.0 Å². The highest BCUT2D eigenvalue weighted by Gasteiger charge is 2.42. The van der Waals surface area contributed by atoms with Crippen molar-refractivity contribution in [2.75, 3.05) is 18.0 Å². The highest BCUT2D eigenvalue weighted by molar-refractivity contribution is 6.02. The number of carbonyl (C=O) groups excluding carboxylic acids is 1. The van der Waals surface area contributed by atoms with Crippen LogP contribution in [0, 0.1) is 0 Å². The van der Waals surface area contributed by atoms with Crippen molar-refractivity contribution in [3.05, 3.63) is 77.5 Å². The van der Waals surface area contributed by atoms with E-state index in [1.54, 1.807) is 0 Å². The molecule has 130 valence electrons. The molecule has 0 aliphatic carbocycles. The fourth-order valence-corrected chi connectivity index (χ4v) is 4.37. The summed E-state index contributed by atoms with van der Waals surface area (Å²) in [6.07, 6.45) is 5.03. The Morgan fingerprint density at radius 3 is 2.85 bits per heavy atom. The number of nitrogens with zero attached hydrogens (tertiary/aromatic N) is 2. The molecule has 1 unspecified atom stereocenters. The molecular weight excluding hydrogens is 322 g/mol. The molecule has 0 saturated heterocycles. The van der Waals surface area contributed by atoms with Crippen LogP contribution in [0.4, 0.5) is 5.69 Å². The number of aromatic amines is 1. The highest BCUT2D eigenvalue weighted by atomic mass is 16.2. The van der Waals surface area contributed by atoms with Gasteiger partial charge in [-0.1, -0.05) is 42.5 Å². The number of carbonyl (C=O) groups is 1. The minimum Gasteiger partial charge on any atom is -0.355 e. The van der Waals surface area contributed by atoms with E-state index < -0.39 is 0 Å². The molecule has 4 nitrogen and oxygen atoms in total. The quantitative estimate of drug-likeness (QED) is 0.706. The van der Waals surface area contributed by atoms with Crippen molar-refractivity contribution < 1.29 is 4.79 Å². The van der Waals surface area contributed by atoms with Gasteiger partial charge in [0.15, 0.2) is 0 Å². The number of amides is 1. The van der Waals surface area contributed by atoms with Gasteiger partial charge in [-0.3, -0.25) is 4.79 Å². The molecule has 0 fully saturated rings. The standard InChI is InChI=1S/C22H21N3O/c1-2-3-13-24-19-11-7-5-9-17(19)22(26)25-14-12-16-15-8-4-6-10-18(15)23-20(16)21(24)25/h2-11,21,23H,12-14H2,1H3/b3-2+. The van der Waals surface area contributed by atoms with Gasteiger partial charge in [0.2, 0.25) is 0 Å². The van der Waals surface area contributed by atoms with Gasteiger partial charge in [-0.05, 0) is 37.1 Å². The van der Waals surface area contributed by atoms with Gasteiger partial charge >= 0.3 is 0 Å². The number of anilines is 1. The van der Waals surface area contributed by atoms with Crippen molar-refractivity contribution in [1.82, 2.24) is 9.88 Å². The first-order chi connectivity index (χ1) is 12.8. The highest BCUT2D eigenvalue weighted by Crippen LogP contribution is 2.43. The van der Waals surface area contributed by atoms with Crippen molar-refractivity contribution in [3.63, 3.8) is 0 Å². The molecule has 0 radical (unpaired) electrons. The average Bonchev–Trinajstić information content (AvgIpc) is 3.07. The Morgan fingerprint density at radius 1 is 1.15 bits per heavy atom. The normalized spacial score (nSPS) is 19.0. The monoisotopic (exact) mass is 343 g/mol. The molecule has 2 aliphatic heterocycles. The molecule has 1 atom stereocenters. The molecule has 1 N–H and O–H groups in total. The van der Waals surface area contributed by atoms with Crippen LogP contribution in [0.2, 0.25) is 0 Å². The van der Waals surface area contributed by atoms with Crippen LogP contribution in [0.5, 0.6) is 0 Å².